The second-order valence-corrected chi connectivity index (χ2v) is 6.01. The number of halogens is 1. The molecule has 1 aliphatic heterocycles. The second kappa shape index (κ2) is 6.53. The standard InChI is InChI=1S/C18H16ClNO4/c1-10-3-4-11(18(22)23-2)8-14(10)20-17(21)16-9-12-7-13(19)5-6-15(12)24-16/h3-8,16H,9H2,1-2H3,(H,20,21). The van der Waals surface area contributed by atoms with Gasteiger partial charge in [-0.25, -0.2) is 4.79 Å². The summed E-state index contributed by atoms with van der Waals surface area (Å²) >= 11 is 5.96. The number of fused-ring (bicyclic) bond motifs is 1. The van der Waals surface area contributed by atoms with Gasteiger partial charge in [-0.3, -0.25) is 4.79 Å². The Balaban J connectivity index is 1.75. The van der Waals surface area contributed by atoms with Gasteiger partial charge in [0.2, 0.25) is 0 Å². The van der Waals surface area contributed by atoms with Crippen molar-refractivity contribution in [1.29, 1.82) is 0 Å². The van der Waals surface area contributed by atoms with Crippen molar-refractivity contribution in [2.45, 2.75) is 19.4 Å². The molecule has 124 valence electrons. The van der Waals surface area contributed by atoms with Crippen LogP contribution in [0.2, 0.25) is 5.02 Å². The highest BCUT2D eigenvalue weighted by Crippen LogP contribution is 2.31. The molecular formula is C18H16ClNO4. The van der Waals surface area contributed by atoms with E-state index in [0.717, 1.165) is 11.1 Å². The molecule has 2 aromatic carbocycles. The molecule has 1 unspecified atom stereocenters. The third-order valence-electron chi connectivity index (χ3n) is 3.91. The monoisotopic (exact) mass is 345 g/mol. The topological polar surface area (TPSA) is 64.6 Å². The minimum absolute atomic E-state index is 0.271. The molecule has 0 bridgehead atoms. The van der Waals surface area contributed by atoms with Crippen LogP contribution in [0.1, 0.15) is 21.5 Å². The second-order valence-electron chi connectivity index (χ2n) is 5.57. The van der Waals surface area contributed by atoms with Crippen LogP contribution in [0.5, 0.6) is 5.75 Å². The van der Waals surface area contributed by atoms with Crippen molar-refractivity contribution >= 4 is 29.2 Å². The van der Waals surface area contributed by atoms with Crippen LogP contribution in [0.3, 0.4) is 0 Å². The zero-order chi connectivity index (χ0) is 17.3. The molecule has 0 radical (unpaired) electrons. The van der Waals surface area contributed by atoms with Gasteiger partial charge in [0.15, 0.2) is 6.10 Å². The number of ether oxygens (including phenoxy) is 2. The summed E-state index contributed by atoms with van der Waals surface area (Å²) in [6.45, 7) is 1.85. The fourth-order valence-electron chi connectivity index (χ4n) is 2.58. The molecule has 1 heterocycles. The van der Waals surface area contributed by atoms with Crippen LogP contribution >= 0.6 is 11.6 Å². The Bertz CT molecular complexity index is 819. The van der Waals surface area contributed by atoms with Gasteiger partial charge in [0.1, 0.15) is 5.75 Å². The lowest BCUT2D eigenvalue weighted by atomic mass is 10.1. The van der Waals surface area contributed by atoms with E-state index in [0.29, 0.717) is 28.4 Å². The summed E-state index contributed by atoms with van der Waals surface area (Å²) in [5.74, 6) is -0.0586. The number of rotatable bonds is 3. The Hall–Kier alpha value is -2.53. The molecule has 1 atom stereocenters. The number of benzene rings is 2. The summed E-state index contributed by atoms with van der Waals surface area (Å²) in [6.07, 6.45) is -0.170. The molecule has 0 aliphatic carbocycles. The van der Waals surface area contributed by atoms with E-state index in [-0.39, 0.29) is 5.91 Å². The Kier molecular flexibility index (Phi) is 4.44. The van der Waals surface area contributed by atoms with Crippen LogP contribution in [0.4, 0.5) is 5.69 Å². The van der Waals surface area contributed by atoms with Crippen LogP contribution in [0, 0.1) is 6.92 Å². The minimum atomic E-state index is -0.625. The predicted octanol–water partition coefficient (Wildman–Crippen LogP) is 3.38. The first-order valence-corrected chi connectivity index (χ1v) is 7.80. The van der Waals surface area contributed by atoms with Crippen LogP contribution in [0.15, 0.2) is 36.4 Å². The largest absolute Gasteiger partial charge is 0.480 e. The van der Waals surface area contributed by atoms with Gasteiger partial charge in [0, 0.05) is 17.1 Å². The lowest BCUT2D eigenvalue weighted by molar-refractivity contribution is -0.122. The van der Waals surface area contributed by atoms with Crippen LogP contribution in [0.25, 0.3) is 0 Å². The van der Waals surface area contributed by atoms with Gasteiger partial charge >= 0.3 is 5.97 Å². The molecule has 0 aromatic heterocycles. The smallest absolute Gasteiger partial charge is 0.337 e. The minimum Gasteiger partial charge on any atom is -0.480 e. The van der Waals surface area contributed by atoms with Crippen molar-refractivity contribution in [3.05, 3.63) is 58.1 Å². The van der Waals surface area contributed by atoms with E-state index in [2.05, 4.69) is 5.32 Å². The number of amides is 1. The van der Waals surface area contributed by atoms with Crippen LogP contribution in [-0.2, 0) is 16.0 Å². The average Bonchev–Trinajstić information content (AvgIpc) is 2.99. The highest BCUT2D eigenvalue weighted by molar-refractivity contribution is 6.30. The van der Waals surface area contributed by atoms with Crippen molar-refractivity contribution in [2.24, 2.45) is 0 Å². The molecule has 5 nitrogen and oxygen atoms in total. The van der Waals surface area contributed by atoms with Gasteiger partial charge in [0.25, 0.3) is 5.91 Å². The molecule has 2 aromatic rings. The van der Waals surface area contributed by atoms with Crippen molar-refractivity contribution < 1.29 is 19.1 Å². The number of hydrogen-bond donors (Lipinski definition) is 1. The highest BCUT2D eigenvalue weighted by atomic mass is 35.5. The van der Waals surface area contributed by atoms with E-state index in [4.69, 9.17) is 21.1 Å². The fraction of sp³-hybridized carbons (Fsp3) is 0.222. The number of methoxy groups -OCH3 is 1. The van der Waals surface area contributed by atoms with E-state index < -0.39 is 12.1 Å². The van der Waals surface area contributed by atoms with Gasteiger partial charge in [-0.15, -0.1) is 0 Å². The molecule has 0 spiro atoms. The summed E-state index contributed by atoms with van der Waals surface area (Å²) < 4.78 is 10.4. The molecule has 0 saturated heterocycles. The van der Waals surface area contributed by atoms with Gasteiger partial charge in [0.05, 0.1) is 12.7 Å². The molecule has 1 N–H and O–H groups in total. The molecule has 0 fully saturated rings. The Labute approximate surface area is 144 Å². The molecule has 1 aliphatic rings. The average molecular weight is 346 g/mol. The summed E-state index contributed by atoms with van der Waals surface area (Å²) in [5, 5.41) is 3.43. The first-order chi connectivity index (χ1) is 11.5. The van der Waals surface area contributed by atoms with Crippen molar-refractivity contribution in [3.63, 3.8) is 0 Å². The molecular weight excluding hydrogens is 330 g/mol. The third-order valence-corrected chi connectivity index (χ3v) is 4.14. The first-order valence-electron chi connectivity index (χ1n) is 7.43. The maximum Gasteiger partial charge on any atom is 0.337 e. The molecule has 24 heavy (non-hydrogen) atoms. The van der Waals surface area contributed by atoms with E-state index in [1.165, 1.54) is 7.11 Å². The number of esters is 1. The Morgan fingerprint density at radius 3 is 2.79 bits per heavy atom. The van der Waals surface area contributed by atoms with Crippen LogP contribution < -0.4 is 10.1 Å². The Morgan fingerprint density at radius 2 is 2.04 bits per heavy atom. The fourth-order valence-corrected chi connectivity index (χ4v) is 2.77. The lowest BCUT2D eigenvalue weighted by Crippen LogP contribution is -2.31. The molecule has 3 rings (SSSR count). The summed E-state index contributed by atoms with van der Waals surface area (Å²) in [4.78, 5) is 24.1. The third kappa shape index (κ3) is 3.21. The SMILES string of the molecule is COC(=O)c1ccc(C)c(NC(=O)C2Cc3cc(Cl)ccc3O2)c1. The first kappa shape index (κ1) is 16.3. The number of hydrogen-bond acceptors (Lipinski definition) is 4. The maximum atomic E-state index is 12.5. The zero-order valence-electron chi connectivity index (χ0n) is 13.3. The van der Waals surface area contributed by atoms with Gasteiger partial charge in [-0.05, 0) is 48.4 Å². The molecule has 6 heteroatoms. The van der Waals surface area contributed by atoms with Crippen LogP contribution in [-0.4, -0.2) is 25.1 Å². The van der Waals surface area contributed by atoms with Crippen molar-refractivity contribution in [3.8, 4) is 5.75 Å². The molecule has 0 saturated carbocycles. The number of carbonyl (C=O) groups is 2. The van der Waals surface area contributed by atoms with E-state index in [1.54, 1.807) is 36.4 Å². The predicted molar refractivity (Wildman–Crippen MR) is 90.7 cm³/mol. The van der Waals surface area contributed by atoms with Gasteiger partial charge < -0.3 is 14.8 Å². The quantitative estimate of drug-likeness (QED) is 0.866. The maximum absolute atomic E-state index is 12.5. The zero-order valence-corrected chi connectivity index (χ0v) is 14.0. The summed E-state index contributed by atoms with van der Waals surface area (Å²) in [6, 6.07) is 10.3. The number of carbonyl (C=O) groups excluding carboxylic acids is 2. The number of aryl methyl sites for hydroxylation is 1. The molecule has 1 amide bonds. The Morgan fingerprint density at radius 1 is 1.25 bits per heavy atom. The van der Waals surface area contributed by atoms with E-state index >= 15 is 0 Å². The lowest BCUT2D eigenvalue weighted by Gasteiger charge is -2.14. The van der Waals surface area contributed by atoms with E-state index in [1.807, 2.05) is 6.92 Å². The van der Waals surface area contributed by atoms with Crippen molar-refractivity contribution in [2.75, 3.05) is 12.4 Å². The summed E-state index contributed by atoms with van der Waals surface area (Å²) in [5.41, 5.74) is 2.68. The van der Waals surface area contributed by atoms with Gasteiger partial charge in [-0.2, -0.15) is 0 Å². The van der Waals surface area contributed by atoms with E-state index in [9.17, 15) is 9.59 Å². The van der Waals surface area contributed by atoms with Crippen molar-refractivity contribution in [1.82, 2.24) is 0 Å². The normalized spacial score (nSPS) is 15.4. The highest BCUT2D eigenvalue weighted by Gasteiger charge is 2.29. The number of anilines is 1. The van der Waals surface area contributed by atoms with Gasteiger partial charge in [-0.1, -0.05) is 17.7 Å². The summed E-state index contributed by atoms with van der Waals surface area (Å²) in [7, 11) is 1.31. The number of nitrogens with one attached hydrogen (secondary N) is 1.